The summed E-state index contributed by atoms with van der Waals surface area (Å²) in [6, 6.07) is 3.16. The summed E-state index contributed by atoms with van der Waals surface area (Å²) in [5.41, 5.74) is 0.149. The molecule has 0 spiro atoms. The van der Waals surface area contributed by atoms with Crippen molar-refractivity contribution < 1.29 is 14.6 Å². The largest absolute Gasteiger partial charge is 0.506 e. The zero-order valence-electron chi connectivity index (χ0n) is 12.5. The van der Waals surface area contributed by atoms with Gasteiger partial charge < -0.3 is 9.84 Å². The third-order valence-electron chi connectivity index (χ3n) is 3.16. The third-order valence-corrected chi connectivity index (χ3v) is 3.16. The van der Waals surface area contributed by atoms with Gasteiger partial charge in [0.1, 0.15) is 11.4 Å². The Balaban J connectivity index is 2.93. The number of nitrogens with zero attached hydrogens (tertiary/aromatic N) is 2. The number of ether oxygens (including phenoxy) is 1. The molecule has 6 heteroatoms. The first-order valence-corrected chi connectivity index (χ1v) is 6.80. The first-order valence-electron chi connectivity index (χ1n) is 6.80. The minimum atomic E-state index is -0.822. The Labute approximate surface area is 122 Å². The second-order valence-electron chi connectivity index (χ2n) is 5.04. The van der Waals surface area contributed by atoms with Gasteiger partial charge >= 0.3 is 5.97 Å². The molecule has 0 saturated carbocycles. The number of esters is 1. The molecule has 0 aliphatic heterocycles. The maximum absolute atomic E-state index is 12.5. The second kappa shape index (κ2) is 5.55. The number of aromatic hydroxyl groups is 1. The fourth-order valence-corrected chi connectivity index (χ4v) is 2.23. The minimum absolute atomic E-state index is 0.129. The fourth-order valence-electron chi connectivity index (χ4n) is 2.23. The van der Waals surface area contributed by atoms with Crippen molar-refractivity contribution in [1.29, 1.82) is 0 Å². The van der Waals surface area contributed by atoms with Crippen LogP contribution in [0.15, 0.2) is 16.9 Å². The molecular weight excluding hydrogens is 272 g/mol. The van der Waals surface area contributed by atoms with Crippen molar-refractivity contribution in [2.24, 2.45) is 0 Å². The number of carbonyl (C=O) groups excluding carboxylic acids is 1. The maximum Gasteiger partial charge on any atom is 0.347 e. The molecule has 1 N–H and O–H groups in total. The first-order chi connectivity index (χ1) is 9.88. The first kappa shape index (κ1) is 15.0. The number of carbonyl (C=O) groups is 1. The highest BCUT2D eigenvalue weighted by molar-refractivity contribution is 5.98. The highest BCUT2D eigenvalue weighted by atomic mass is 16.5. The van der Waals surface area contributed by atoms with Crippen LogP contribution in [0.1, 0.15) is 42.9 Å². The molecule has 0 aromatic carbocycles. The molecular formula is C15H18N2O4. The molecule has 0 radical (unpaired) electrons. The van der Waals surface area contributed by atoms with Gasteiger partial charge in [0.05, 0.1) is 12.0 Å². The number of rotatable bonds is 3. The van der Waals surface area contributed by atoms with Crippen molar-refractivity contribution in [3.8, 4) is 5.75 Å². The van der Waals surface area contributed by atoms with E-state index in [0.717, 1.165) is 5.69 Å². The van der Waals surface area contributed by atoms with Crippen LogP contribution < -0.4 is 5.56 Å². The summed E-state index contributed by atoms with van der Waals surface area (Å²) >= 11 is 0. The van der Waals surface area contributed by atoms with Crippen LogP contribution in [-0.4, -0.2) is 27.2 Å². The molecule has 2 aromatic heterocycles. The molecule has 0 aliphatic rings. The van der Waals surface area contributed by atoms with Gasteiger partial charge in [-0.1, -0.05) is 0 Å². The number of aryl methyl sites for hydroxylation is 1. The van der Waals surface area contributed by atoms with Gasteiger partial charge in [-0.25, -0.2) is 9.78 Å². The number of pyridine rings is 2. The Kier molecular flexibility index (Phi) is 3.97. The molecule has 6 nitrogen and oxygen atoms in total. The van der Waals surface area contributed by atoms with Crippen molar-refractivity contribution >= 4 is 17.0 Å². The van der Waals surface area contributed by atoms with Crippen LogP contribution in [0.2, 0.25) is 0 Å². The van der Waals surface area contributed by atoms with E-state index >= 15 is 0 Å². The Bertz CT molecular complexity index is 762. The number of aromatic nitrogens is 2. The maximum atomic E-state index is 12.5. The summed E-state index contributed by atoms with van der Waals surface area (Å²) in [6.07, 6.45) is 0. The van der Waals surface area contributed by atoms with Crippen LogP contribution in [0.3, 0.4) is 0 Å². The lowest BCUT2D eigenvalue weighted by molar-refractivity contribution is 0.0520. The fraction of sp³-hybridized carbons (Fsp3) is 0.400. The van der Waals surface area contributed by atoms with Crippen molar-refractivity contribution in [1.82, 2.24) is 9.55 Å². The van der Waals surface area contributed by atoms with Crippen LogP contribution >= 0.6 is 0 Å². The topological polar surface area (TPSA) is 81.4 Å². The average Bonchev–Trinajstić information content (AvgIpc) is 2.38. The average molecular weight is 290 g/mol. The van der Waals surface area contributed by atoms with E-state index in [2.05, 4.69) is 4.98 Å². The van der Waals surface area contributed by atoms with Gasteiger partial charge in [-0.2, -0.15) is 0 Å². The van der Waals surface area contributed by atoms with E-state index in [1.807, 2.05) is 13.8 Å². The van der Waals surface area contributed by atoms with E-state index in [-0.39, 0.29) is 24.0 Å². The van der Waals surface area contributed by atoms with Crippen molar-refractivity contribution in [3.05, 3.63) is 33.7 Å². The second-order valence-corrected chi connectivity index (χ2v) is 5.04. The Morgan fingerprint density at radius 3 is 2.67 bits per heavy atom. The van der Waals surface area contributed by atoms with Gasteiger partial charge in [-0.15, -0.1) is 0 Å². The molecule has 0 bridgehead atoms. The van der Waals surface area contributed by atoms with Gasteiger partial charge in [-0.3, -0.25) is 9.36 Å². The lowest BCUT2D eigenvalue weighted by Gasteiger charge is -2.16. The van der Waals surface area contributed by atoms with Gasteiger partial charge in [-0.05, 0) is 39.8 Å². The monoisotopic (exact) mass is 290 g/mol. The molecule has 2 heterocycles. The van der Waals surface area contributed by atoms with E-state index in [1.54, 1.807) is 26.0 Å². The van der Waals surface area contributed by atoms with E-state index < -0.39 is 11.5 Å². The molecule has 2 aromatic rings. The molecule has 0 unspecified atom stereocenters. The molecule has 21 heavy (non-hydrogen) atoms. The minimum Gasteiger partial charge on any atom is -0.506 e. The van der Waals surface area contributed by atoms with Gasteiger partial charge in [0.2, 0.25) is 0 Å². The number of hydrogen-bond donors (Lipinski definition) is 1. The summed E-state index contributed by atoms with van der Waals surface area (Å²) in [5.74, 6) is -1.20. The van der Waals surface area contributed by atoms with Crippen LogP contribution in [0.5, 0.6) is 5.75 Å². The Morgan fingerprint density at radius 2 is 2.10 bits per heavy atom. The van der Waals surface area contributed by atoms with Crippen molar-refractivity contribution in [2.45, 2.75) is 33.7 Å². The van der Waals surface area contributed by atoms with E-state index in [1.165, 1.54) is 4.57 Å². The zero-order valence-corrected chi connectivity index (χ0v) is 12.5. The molecule has 0 aliphatic carbocycles. The Morgan fingerprint density at radius 1 is 1.43 bits per heavy atom. The van der Waals surface area contributed by atoms with Crippen LogP contribution in [0, 0.1) is 6.92 Å². The van der Waals surface area contributed by atoms with Gasteiger partial charge in [0, 0.05) is 11.7 Å². The molecule has 0 amide bonds. The Hall–Kier alpha value is -2.37. The summed E-state index contributed by atoms with van der Waals surface area (Å²) in [4.78, 5) is 28.8. The SMILES string of the molecule is CCOC(=O)c1c(O)c2ccc(C)nc2n(C(C)C)c1=O. The molecule has 0 atom stereocenters. The lowest BCUT2D eigenvalue weighted by Crippen LogP contribution is -2.29. The highest BCUT2D eigenvalue weighted by Gasteiger charge is 2.24. The van der Waals surface area contributed by atoms with E-state index in [0.29, 0.717) is 11.0 Å². The summed E-state index contributed by atoms with van der Waals surface area (Å²) in [5, 5.41) is 10.6. The summed E-state index contributed by atoms with van der Waals surface area (Å²) < 4.78 is 6.26. The van der Waals surface area contributed by atoms with E-state index in [4.69, 9.17) is 4.74 Å². The van der Waals surface area contributed by atoms with Gasteiger partial charge in [0.15, 0.2) is 5.56 Å². The third kappa shape index (κ3) is 2.49. The molecule has 112 valence electrons. The standard InChI is InChI=1S/C15H18N2O4/c1-5-21-15(20)11-12(18)10-7-6-9(4)16-13(10)17(8(2)3)14(11)19/h6-8,18H,5H2,1-4H3. The van der Waals surface area contributed by atoms with Crippen LogP contribution in [0.4, 0.5) is 0 Å². The van der Waals surface area contributed by atoms with Crippen molar-refractivity contribution in [2.75, 3.05) is 6.61 Å². The van der Waals surface area contributed by atoms with Crippen LogP contribution in [-0.2, 0) is 4.74 Å². The highest BCUT2D eigenvalue weighted by Crippen LogP contribution is 2.27. The molecule has 2 rings (SSSR count). The predicted octanol–water partition coefficient (Wildman–Crippen LogP) is 2.17. The summed E-state index contributed by atoms with van der Waals surface area (Å²) in [7, 11) is 0. The zero-order chi connectivity index (χ0) is 15.7. The van der Waals surface area contributed by atoms with E-state index in [9.17, 15) is 14.7 Å². The quantitative estimate of drug-likeness (QED) is 0.876. The lowest BCUT2D eigenvalue weighted by atomic mass is 10.1. The van der Waals surface area contributed by atoms with Crippen molar-refractivity contribution in [3.63, 3.8) is 0 Å². The normalized spacial score (nSPS) is 11.1. The molecule has 0 fully saturated rings. The van der Waals surface area contributed by atoms with Gasteiger partial charge in [0.25, 0.3) is 5.56 Å². The smallest absolute Gasteiger partial charge is 0.347 e. The number of fused-ring (bicyclic) bond motifs is 1. The number of hydrogen-bond acceptors (Lipinski definition) is 5. The van der Waals surface area contributed by atoms with Crippen LogP contribution in [0.25, 0.3) is 11.0 Å². The predicted molar refractivity (Wildman–Crippen MR) is 78.7 cm³/mol. The molecule has 0 saturated heterocycles. The summed E-state index contributed by atoms with van der Waals surface area (Å²) in [6.45, 7) is 7.20.